The number of hydrogen-bond acceptors (Lipinski definition) is 4. The molecule has 0 unspecified atom stereocenters. The van der Waals surface area contributed by atoms with Gasteiger partial charge >= 0.3 is 0 Å². The van der Waals surface area contributed by atoms with E-state index in [0.717, 1.165) is 22.8 Å². The van der Waals surface area contributed by atoms with Crippen LogP contribution in [0.3, 0.4) is 0 Å². The maximum absolute atomic E-state index is 5.89. The number of aromatic nitrogens is 2. The fourth-order valence-corrected chi connectivity index (χ4v) is 2.53. The number of nitrogens with zero attached hydrogens (tertiary/aromatic N) is 2. The van der Waals surface area contributed by atoms with Crippen molar-refractivity contribution in [2.45, 2.75) is 39.5 Å². The maximum Gasteiger partial charge on any atom is 0.171 e. The quantitative estimate of drug-likeness (QED) is 0.897. The van der Waals surface area contributed by atoms with Crippen molar-refractivity contribution in [1.29, 1.82) is 0 Å². The molecule has 0 spiro atoms. The summed E-state index contributed by atoms with van der Waals surface area (Å²) in [6, 6.07) is 6.06. The minimum Gasteiger partial charge on any atom is -0.384 e. The van der Waals surface area contributed by atoms with Crippen LogP contribution < -0.4 is 5.73 Å². The summed E-state index contributed by atoms with van der Waals surface area (Å²) in [5.74, 6) is 1.28. The normalized spacial score (nSPS) is 11.8. The summed E-state index contributed by atoms with van der Waals surface area (Å²) in [4.78, 5) is 11.4. The molecule has 0 bridgehead atoms. The molecular formula is C14H19N3S. The molecule has 2 rings (SSSR count). The lowest BCUT2D eigenvalue weighted by atomic mass is 9.92. The van der Waals surface area contributed by atoms with Crippen LogP contribution >= 0.6 is 11.3 Å². The molecule has 0 aliphatic rings. The van der Waals surface area contributed by atoms with Crippen molar-refractivity contribution in [2.75, 3.05) is 5.73 Å². The molecule has 0 aliphatic heterocycles. The maximum atomic E-state index is 5.89. The Morgan fingerprint density at radius 3 is 2.50 bits per heavy atom. The minimum absolute atomic E-state index is 0.0172. The van der Waals surface area contributed by atoms with Gasteiger partial charge in [0.25, 0.3) is 0 Å². The predicted octanol–water partition coefficient (Wildman–Crippen LogP) is 3.65. The standard InChI is InChI=1S/C14H19N3S/c1-5-9-6-7-10(18-9)13-16-11(14(2,3)4)8-12(15)17-13/h6-8H,5H2,1-4H3,(H2,15,16,17). The predicted molar refractivity (Wildman–Crippen MR) is 77.8 cm³/mol. The van der Waals surface area contributed by atoms with Crippen molar-refractivity contribution >= 4 is 17.2 Å². The van der Waals surface area contributed by atoms with Crippen LogP contribution in [0.4, 0.5) is 5.82 Å². The second-order valence-corrected chi connectivity index (χ2v) is 6.54. The third-order valence-corrected chi connectivity index (χ3v) is 3.97. The number of nitrogens with two attached hydrogens (primary N) is 1. The smallest absolute Gasteiger partial charge is 0.171 e. The molecule has 96 valence electrons. The van der Waals surface area contributed by atoms with E-state index in [4.69, 9.17) is 5.73 Å². The van der Waals surface area contributed by atoms with Crippen LogP contribution in [-0.2, 0) is 11.8 Å². The number of thiophene rings is 1. The van der Waals surface area contributed by atoms with Crippen LogP contribution in [0.2, 0.25) is 0 Å². The SMILES string of the molecule is CCc1ccc(-c2nc(N)cc(C(C)(C)C)n2)s1. The number of hydrogen-bond donors (Lipinski definition) is 1. The average Bonchev–Trinajstić information content (AvgIpc) is 2.75. The van der Waals surface area contributed by atoms with Gasteiger partial charge in [-0.1, -0.05) is 27.7 Å². The van der Waals surface area contributed by atoms with Crippen LogP contribution in [0.25, 0.3) is 10.7 Å². The molecule has 0 aliphatic carbocycles. The third-order valence-electron chi connectivity index (χ3n) is 2.74. The van der Waals surface area contributed by atoms with Crippen molar-refractivity contribution in [3.8, 4) is 10.7 Å². The molecule has 2 heterocycles. The van der Waals surface area contributed by atoms with Crippen molar-refractivity contribution in [3.05, 3.63) is 28.8 Å². The van der Waals surface area contributed by atoms with Gasteiger partial charge in [-0.15, -0.1) is 11.3 Å². The van der Waals surface area contributed by atoms with E-state index in [-0.39, 0.29) is 5.41 Å². The van der Waals surface area contributed by atoms with Crippen LogP contribution in [0.15, 0.2) is 18.2 Å². The zero-order chi connectivity index (χ0) is 13.3. The molecule has 0 saturated heterocycles. The summed E-state index contributed by atoms with van der Waals surface area (Å²) in [5.41, 5.74) is 6.85. The van der Waals surface area contributed by atoms with Gasteiger partial charge in [0, 0.05) is 16.4 Å². The van der Waals surface area contributed by atoms with E-state index in [9.17, 15) is 0 Å². The van der Waals surface area contributed by atoms with Gasteiger partial charge in [0.1, 0.15) is 5.82 Å². The first-order chi connectivity index (χ1) is 8.40. The summed E-state index contributed by atoms with van der Waals surface area (Å²) in [5, 5.41) is 0. The Kier molecular flexibility index (Phi) is 3.39. The van der Waals surface area contributed by atoms with E-state index in [1.54, 1.807) is 11.3 Å². The third kappa shape index (κ3) is 2.70. The van der Waals surface area contributed by atoms with Crippen molar-refractivity contribution in [1.82, 2.24) is 9.97 Å². The van der Waals surface area contributed by atoms with Gasteiger partial charge in [0.15, 0.2) is 5.82 Å². The Morgan fingerprint density at radius 1 is 1.22 bits per heavy atom. The molecule has 0 aromatic carbocycles. The van der Waals surface area contributed by atoms with Gasteiger partial charge in [-0.2, -0.15) is 0 Å². The highest BCUT2D eigenvalue weighted by molar-refractivity contribution is 7.15. The van der Waals surface area contributed by atoms with Crippen molar-refractivity contribution < 1.29 is 0 Å². The Hall–Kier alpha value is -1.42. The molecule has 2 N–H and O–H groups in total. The van der Waals surface area contributed by atoms with E-state index in [1.807, 2.05) is 6.07 Å². The zero-order valence-electron chi connectivity index (χ0n) is 11.3. The fourth-order valence-electron chi connectivity index (χ4n) is 1.65. The van der Waals surface area contributed by atoms with Gasteiger partial charge in [0.05, 0.1) is 10.6 Å². The average molecular weight is 261 g/mol. The van der Waals surface area contributed by atoms with Crippen LogP contribution in [0.5, 0.6) is 0 Å². The summed E-state index contributed by atoms with van der Waals surface area (Å²) in [6.07, 6.45) is 1.04. The molecule has 0 saturated carbocycles. The number of aryl methyl sites for hydroxylation is 1. The Labute approximate surface area is 112 Å². The molecule has 0 atom stereocenters. The second-order valence-electron chi connectivity index (χ2n) is 5.37. The van der Waals surface area contributed by atoms with Crippen LogP contribution in [0.1, 0.15) is 38.3 Å². The number of nitrogen functional groups attached to an aromatic ring is 1. The fraction of sp³-hybridized carbons (Fsp3) is 0.429. The lowest BCUT2D eigenvalue weighted by Gasteiger charge is -2.18. The lowest BCUT2D eigenvalue weighted by molar-refractivity contribution is 0.568. The number of anilines is 1. The molecule has 2 aromatic heterocycles. The van der Waals surface area contributed by atoms with Crippen LogP contribution in [0, 0.1) is 0 Å². The van der Waals surface area contributed by atoms with Crippen molar-refractivity contribution in [3.63, 3.8) is 0 Å². The van der Waals surface area contributed by atoms with Gasteiger partial charge in [-0.3, -0.25) is 0 Å². The Bertz CT molecular complexity index is 552. The molecule has 0 fully saturated rings. The first kappa shape index (κ1) is 13.0. The Morgan fingerprint density at radius 2 is 1.94 bits per heavy atom. The number of rotatable bonds is 2. The summed E-state index contributed by atoms with van der Waals surface area (Å²) in [7, 11) is 0. The summed E-state index contributed by atoms with van der Waals surface area (Å²) >= 11 is 1.73. The molecule has 0 radical (unpaired) electrons. The zero-order valence-corrected chi connectivity index (χ0v) is 12.1. The summed E-state index contributed by atoms with van der Waals surface area (Å²) < 4.78 is 0. The summed E-state index contributed by atoms with van der Waals surface area (Å²) in [6.45, 7) is 8.54. The minimum atomic E-state index is -0.0172. The van der Waals surface area contributed by atoms with E-state index in [0.29, 0.717) is 5.82 Å². The van der Waals surface area contributed by atoms with Crippen LogP contribution in [-0.4, -0.2) is 9.97 Å². The van der Waals surface area contributed by atoms with E-state index in [2.05, 4.69) is 49.8 Å². The topological polar surface area (TPSA) is 51.8 Å². The highest BCUT2D eigenvalue weighted by Crippen LogP contribution is 2.29. The van der Waals surface area contributed by atoms with Gasteiger partial charge < -0.3 is 5.73 Å². The first-order valence-corrected chi connectivity index (χ1v) is 6.96. The molecule has 3 nitrogen and oxygen atoms in total. The molecule has 0 amide bonds. The first-order valence-electron chi connectivity index (χ1n) is 6.14. The highest BCUT2D eigenvalue weighted by Gasteiger charge is 2.18. The van der Waals surface area contributed by atoms with Gasteiger partial charge in [-0.25, -0.2) is 9.97 Å². The molecule has 2 aromatic rings. The Balaban J connectivity index is 2.48. The van der Waals surface area contributed by atoms with Gasteiger partial charge in [0.2, 0.25) is 0 Å². The van der Waals surface area contributed by atoms with Gasteiger partial charge in [-0.05, 0) is 18.6 Å². The van der Waals surface area contributed by atoms with E-state index >= 15 is 0 Å². The molecular weight excluding hydrogens is 242 g/mol. The second kappa shape index (κ2) is 4.69. The lowest BCUT2D eigenvalue weighted by Crippen LogP contribution is -2.15. The molecule has 18 heavy (non-hydrogen) atoms. The largest absolute Gasteiger partial charge is 0.384 e. The van der Waals surface area contributed by atoms with Crippen molar-refractivity contribution in [2.24, 2.45) is 0 Å². The van der Waals surface area contributed by atoms with E-state index < -0.39 is 0 Å². The molecule has 4 heteroatoms. The monoisotopic (exact) mass is 261 g/mol. The van der Waals surface area contributed by atoms with E-state index in [1.165, 1.54) is 4.88 Å². The highest BCUT2D eigenvalue weighted by atomic mass is 32.1.